The molecular formula is C15H26N2O3. The third-order valence-electron chi connectivity index (χ3n) is 5.07. The predicted molar refractivity (Wildman–Crippen MR) is 76.5 cm³/mol. The zero-order chi connectivity index (χ0) is 14.9. The molecule has 114 valence electrons. The number of nitrogens with one attached hydrogen (secondary N) is 1. The van der Waals surface area contributed by atoms with E-state index in [1.54, 1.807) is 6.92 Å². The second kappa shape index (κ2) is 5.62. The van der Waals surface area contributed by atoms with Crippen molar-refractivity contribution in [3.63, 3.8) is 0 Å². The minimum atomic E-state index is -0.817. The lowest BCUT2D eigenvalue weighted by Gasteiger charge is -2.33. The first-order valence-corrected chi connectivity index (χ1v) is 7.67. The van der Waals surface area contributed by atoms with E-state index >= 15 is 0 Å². The van der Waals surface area contributed by atoms with Gasteiger partial charge in [-0.25, -0.2) is 4.79 Å². The van der Waals surface area contributed by atoms with E-state index < -0.39 is 11.4 Å². The van der Waals surface area contributed by atoms with Gasteiger partial charge in [-0.15, -0.1) is 0 Å². The van der Waals surface area contributed by atoms with Crippen LogP contribution in [0, 0.1) is 11.3 Å². The highest BCUT2D eigenvalue weighted by Gasteiger charge is 2.46. The fourth-order valence-electron chi connectivity index (χ4n) is 3.62. The van der Waals surface area contributed by atoms with Gasteiger partial charge in [-0.1, -0.05) is 20.3 Å². The standard InChI is InChI=1S/C15H26N2O3/c1-10(2)11-6-5-9-17(11)14(20)16-12-7-4-8-15(12,3)13(18)19/h10-12H,4-9H2,1-3H3,(H,16,20)(H,18,19). The van der Waals surface area contributed by atoms with E-state index in [9.17, 15) is 14.7 Å². The molecule has 1 aliphatic carbocycles. The maximum absolute atomic E-state index is 12.4. The summed E-state index contributed by atoms with van der Waals surface area (Å²) >= 11 is 0. The average Bonchev–Trinajstić information content (AvgIpc) is 2.97. The topological polar surface area (TPSA) is 69.6 Å². The van der Waals surface area contributed by atoms with Crippen LogP contribution in [0.4, 0.5) is 4.79 Å². The van der Waals surface area contributed by atoms with Crippen LogP contribution in [0.2, 0.25) is 0 Å². The number of nitrogens with zero attached hydrogens (tertiary/aromatic N) is 1. The van der Waals surface area contributed by atoms with Crippen LogP contribution in [0.15, 0.2) is 0 Å². The largest absolute Gasteiger partial charge is 0.481 e. The molecule has 5 heteroatoms. The summed E-state index contributed by atoms with van der Waals surface area (Å²) in [6.07, 6.45) is 4.35. The Morgan fingerprint density at radius 2 is 2.00 bits per heavy atom. The summed E-state index contributed by atoms with van der Waals surface area (Å²) in [5.74, 6) is -0.361. The number of urea groups is 1. The number of carboxylic acid groups (broad SMARTS) is 1. The molecule has 3 atom stereocenters. The summed E-state index contributed by atoms with van der Waals surface area (Å²) in [6, 6.07) is -0.0472. The SMILES string of the molecule is CC(C)C1CCCN1C(=O)NC1CCCC1(C)C(=O)O. The zero-order valence-corrected chi connectivity index (χ0v) is 12.7. The van der Waals surface area contributed by atoms with E-state index in [1.807, 2.05) is 4.90 Å². The molecular weight excluding hydrogens is 256 g/mol. The highest BCUT2D eigenvalue weighted by atomic mass is 16.4. The van der Waals surface area contributed by atoms with Crippen molar-refractivity contribution in [1.82, 2.24) is 10.2 Å². The maximum Gasteiger partial charge on any atom is 0.317 e. The summed E-state index contributed by atoms with van der Waals surface area (Å²) in [7, 11) is 0. The van der Waals surface area contributed by atoms with Gasteiger partial charge >= 0.3 is 12.0 Å². The first-order chi connectivity index (χ1) is 9.36. The van der Waals surface area contributed by atoms with Crippen LogP contribution >= 0.6 is 0 Å². The fourth-order valence-corrected chi connectivity index (χ4v) is 3.62. The molecule has 0 aromatic rings. The molecule has 0 bridgehead atoms. The molecule has 2 rings (SSSR count). The summed E-state index contributed by atoms with van der Waals surface area (Å²) in [5, 5.41) is 12.4. The van der Waals surface area contributed by atoms with Gasteiger partial charge in [0, 0.05) is 18.6 Å². The monoisotopic (exact) mass is 282 g/mol. The summed E-state index contributed by atoms with van der Waals surface area (Å²) in [5.41, 5.74) is -0.817. The van der Waals surface area contributed by atoms with E-state index in [2.05, 4.69) is 19.2 Å². The molecule has 1 saturated heterocycles. The lowest BCUT2D eigenvalue weighted by atomic mass is 9.85. The zero-order valence-electron chi connectivity index (χ0n) is 12.7. The Kier molecular flexibility index (Phi) is 4.25. The third kappa shape index (κ3) is 2.63. The number of aliphatic carboxylic acids is 1. The first kappa shape index (κ1) is 15.1. The van der Waals surface area contributed by atoms with Gasteiger partial charge in [0.1, 0.15) is 0 Å². The Balaban J connectivity index is 2.02. The number of likely N-dealkylation sites (tertiary alicyclic amines) is 1. The minimum Gasteiger partial charge on any atom is -0.481 e. The Labute approximate surface area is 120 Å². The molecule has 2 fully saturated rings. The minimum absolute atomic E-state index is 0.0828. The lowest BCUT2D eigenvalue weighted by Crippen LogP contribution is -2.53. The van der Waals surface area contributed by atoms with Crippen molar-refractivity contribution < 1.29 is 14.7 Å². The molecule has 20 heavy (non-hydrogen) atoms. The van der Waals surface area contributed by atoms with Crippen LogP contribution in [0.25, 0.3) is 0 Å². The van der Waals surface area contributed by atoms with Gasteiger partial charge in [-0.2, -0.15) is 0 Å². The van der Waals surface area contributed by atoms with Crippen molar-refractivity contribution in [2.24, 2.45) is 11.3 Å². The number of hydrogen-bond donors (Lipinski definition) is 2. The van der Waals surface area contributed by atoms with Gasteiger partial charge in [0.15, 0.2) is 0 Å². The molecule has 2 amide bonds. The van der Waals surface area contributed by atoms with Crippen LogP contribution in [-0.2, 0) is 4.79 Å². The van der Waals surface area contributed by atoms with Gasteiger partial charge < -0.3 is 15.3 Å². The molecule has 0 aromatic carbocycles. The van der Waals surface area contributed by atoms with Crippen LogP contribution in [0.5, 0.6) is 0 Å². The second-order valence-corrected chi connectivity index (χ2v) is 6.76. The van der Waals surface area contributed by atoms with E-state index in [-0.39, 0.29) is 18.1 Å². The smallest absolute Gasteiger partial charge is 0.317 e. The predicted octanol–water partition coefficient (Wildman–Crippen LogP) is 2.46. The molecule has 3 unspecified atom stereocenters. The summed E-state index contributed by atoms with van der Waals surface area (Å²) in [4.78, 5) is 25.8. The highest BCUT2D eigenvalue weighted by Crippen LogP contribution is 2.38. The van der Waals surface area contributed by atoms with Crippen LogP contribution in [0.1, 0.15) is 52.9 Å². The van der Waals surface area contributed by atoms with Crippen molar-refractivity contribution in [3.8, 4) is 0 Å². The summed E-state index contributed by atoms with van der Waals surface area (Å²) < 4.78 is 0. The van der Waals surface area contributed by atoms with Crippen LogP contribution < -0.4 is 5.32 Å². The van der Waals surface area contributed by atoms with Gasteiger partial charge in [-0.3, -0.25) is 4.79 Å². The molecule has 1 heterocycles. The van der Waals surface area contributed by atoms with Crippen LogP contribution in [-0.4, -0.2) is 40.6 Å². The van der Waals surface area contributed by atoms with E-state index in [0.717, 1.165) is 32.2 Å². The molecule has 2 aliphatic rings. The lowest BCUT2D eigenvalue weighted by molar-refractivity contribution is -0.148. The molecule has 2 N–H and O–H groups in total. The van der Waals surface area contributed by atoms with E-state index in [4.69, 9.17) is 0 Å². The Morgan fingerprint density at radius 1 is 1.30 bits per heavy atom. The number of carboxylic acids is 1. The van der Waals surface area contributed by atoms with Crippen molar-refractivity contribution in [3.05, 3.63) is 0 Å². The molecule has 0 radical (unpaired) electrons. The molecule has 1 saturated carbocycles. The van der Waals surface area contributed by atoms with Crippen molar-refractivity contribution >= 4 is 12.0 Å². The number of rotatable bonds is 3. The Morgan fingerprint density at radius 3 is 2.60 bits per heavy atom. The number of carbonyl (C=O) groups is 2. The number of hydrogen-bond acceptors (Lipinski definition) is 2. The number of amides is 2. The first-order valence-electron chi connectivity index (χ1n) is 7.67. The van der Waals surface area contributed by atoms with E-state index in [1.165, 1.54) is 0 Å². The fraction of sp³-hybridized carbons (Fsp3) is 0.867. The van der Waals surface area contributed by atoms with Crippen molar-refractivity contribution in [1.29, 1.82) is 0 Å². The maximum atomic E-state index is 12.4. The van der Waals surface area contributed by atoms with Gasteiger partial charge in [0.25, 0.3) is 0 Å². The Hall–Kier alpha value is -1.26. The van der Waals surface area contributed by atoms with Crippen LogP contribution in [0.3, 0.4) is 0 Å². The molecule has 0 spiro atoms. The molecule has 5 nitrogen and oxygen atoms in total. The third-order valence-corrected chi connectivity index (χ3v) is 5.07. The second-order valence-electron chi connectivity index (χ2n) is 6.76. The Bertz CT molecular complexity index is 397. The van der Waals surface area contributed by atoms with Gasteiger partial charge in [0.05, 0.1) is 5.41 Å². The van der Waals surface area contributed by atoms with Gasteiger partial charge in [0.2, 0.25) is 0 Å². The normalized spacial score (nSPS) is 33.7. The summed E-state index contributed by atoms with van der Waals surface area (Å²) in [6.45, 7) is 6.79. The average molecular weight is 282 g/mol. The number of carbonyl (C=O) groups excluding carboxylic acids is 1. The highest BCUT2D eigenvalue weighted by molar-refractivity contribution is 5.79. The van der Waals surface area contributed by atoms with Gasteiger partial charge in [-0.05, 0) is 38.5 Å². The van der Waals surface area contributed by atoms with Crippen molar-refractivity contribution in [2.45, 2.75) is 65.0 Å². The van der Waals surface area contributed by atoms with E-state index in [0.29, 0.717) is 12.3 Å². The molecule has 1 aliphatic heterocycles. The quantitative estimate of drug-likeness (QED) is 0.835. The molecule has 0 aromatic heterocycles. The van der Waals surface area contributed by atoms with Crippen molar-refractivity contribution in [2.75, 3.05) is 6.54 Å².